The maximum absolute atomic E-state index is 2.39. The van der Waals surface area contributed by atoms with Gasteiger partial charge in [0.25, 0.3) is 0 Å². The first kappa shape index (κ1) is 19.9. The number of hydrogen-bond donors (Lipinski definition) is 0. The van der Waals surface area contributed by atoms with Crippen molar-refractivity contribution in [3.8, 4) is 0 Å². The summed E-state index contributed by atoms with van der Waals surface area (Å²) in [6.07, 6.45) is 4.97. The molecule has 130 valence electrons. The SMILES string of the molecule is Br.CC[P+](Cc1ccccc1)(Cc1ccccc1)Cc1ccccc1. The molecule has 0 aliphatic carbocycles. The second kappa shape index (κ2) is 9.90. The Hall–Kier alpha value is -1.43. The van der Waals surface area contributed by atoms with E-state index in [2.05, 4.69) is 97.9 Å². The largest absolute Gasteiger partial charge is 0.114 e. The Kier molecular flexibility index (Phi) is 7.88. The van der Waals surface area contributed by atoms with Crippen molar-refractivity contribution in [3.05, 3.63) is 108 Å². The molecule has 0 aliphatic heterocycles. The first-order chi connectivity index (χ1) is 11.8. The summed E-state index contributed by atoms with van der Waals surface area (Å²) in [5.41, 5.74) is 4.46. The third kappa shape index (κ3) is 5.80. The summed E-state index contributed by atoms with van der Waals surface area (Å²) in [5.74, 6) is 0. The van der Waals surface area contributed by atoms with Gasteiger partial charge in [-0.25, -0.2) is 0 Å². The maximum Gasteiger partial charge on any atom is 0.0849 e. The minimum atomic E-state index is -1.14. The number of halogens is 1. The van der Waals surface area contributed by atoms with Gasteiger partial charge in [-0.1, -0.05) is 91.0 Å². The predicted molar refractivity (Wildman–Crippen MR) is 118 cm³/mol. The van der Waals surface area contributed by atoms with Crippen molar-refractivity contribution in [2.24, 2.45) is 0 Å². The van der Waals surface area contributed by atoms with Crippen molar-refractivity contribution < 1.29 is 0 Å². The zero-order valence-corrected chi connectivity index (χ0v) is 17.5. The van der Waals surface area contributed by atoms with Crippen molar-refractivity contribution in [2.45, 2.75) is 25.4 Å². The summed E-state index contributed by atoms with van der Waals surface area (Å²) < 4.78 is 0. The molecule has 0 saturated heterocycles. The van der Waals surface area contributed by atoms with Crippen LogP contribution in [0.15, 0.2) is 91.0 Å². The van der Waals surface area contributed by atoms with Crippen LogP contribution in [0.4, 0.5) is 0 Å². The van der Waals surface area contributed by atoms with Crippen LogP contribution >= 0.6 is 24.2 Å². The van der Waals surface area contributed by atoms with Gasteiger partial charge in [-0.15, -0.1) is 17.0 Å². The van der Waals surface area contributed by atoms with Crippen molar-refractivity contribution in [3.63, 3.8) is 0 Å². The van der Waals surface area contributed by atoms with Gasteiger partial charge in [0.05, 0.1) is 24.6 Å². The molecule has 0 aliphatic rings. The van der Waals surface area contributed by atoms with E-state index in [1.54, 1.807) is 0 Å². The highest BCUT2D eigenvalue weighted by Crippen LogP contribution is 2.66. The lowest BCUT2D eigenvalue weighted by molar-refractivity contribution is 1.18. The minimum absolute atomic E-state index is 0. The van der Waals surface area contributed by atoms with Crippen LogP contribution in [-0.4, -0.2) is 6.16 Å². The van der Waals surface area contributed by atoms with E-state index < -0.39 is 7.26 Å². The normalized spacial score (nSPS) is 10.9. The molecule has 0 nitrogen and oxygen atoms in total. The van der Waals surface area contributed by atoms with Gasteiger partial charge in [0.15, 0.2) is 0 Å². The average molecular weight is 414 g/mol. The molecule has 25 heavy (non-hydrogen) atoms. The first-order valence-electron chi connectivity index (χ1n) is 8.76. The highest BCUT2D eigenvalue weighted by molar-refractivity contribution is 8.93. The molecule has 0 aromatic heterocycles. The van der Waals surface area contributed by atoms with Gasteiger partial charge in [-0.05, 0) is 23.6 Å². The lowest BCUT2D eigenvalue weighted by Gasteiger charge is -2.27. The first-order valence-corrected chi connectivity index (χ1v) is 11.3. The molecule has 0 N–H and O–H groups in total. The van der Waals surface area contributed by atoms with Crippen LogP contribution < -0.4 is 0 Å². The highest BCUT2D eigenvalue weighted by atomic mass is 79.9. The fourth-order valence-corrected chi connectivity index (χ4v) is 7.38. The van der Waals surface area contributed by atoms with Gasteiger partial charge in [0, 0.05) is 7.26 Å². The molecule has 0 unspecified atom stereocenters. The zero-order chi connectivity index (χ0) is 16.7. The number of hydrogen-bond acceptors (Lipinski definition) is 0. The van der Waals surface area contributed by atoms with Crippen LogP contribution in [0.3, 0.4) is 0 Å². The van der Waals surface area contributed by atoms with E-state index in [1.165, 1.54) is 41.3 Å². The molecule has 0 spiro atoms. The molecule has 3 rings (SSSR count). The Balaban J connectivity index is 0.00000225. The summed E-state index contributed by atoms with van der Waals surface area (Å²) in [6, 6.07) is 33.1. The number of rotatable bonds is 7. The van der Waals surface area contributed by atoms with Crippen molar-refractivity contribution in [1.29, 1.82) is 0 Å². The molecule has 0 heterocycles. The van der Waals surface area contributed by atoms with Crippen LogP contribution in [0.1, 0.15) is 23.6 Å². The molecular formula is C23H27BrP+. The van der Waals surface area contributed by atoms with E-state index >= 15 is 0 Å². The Morgan fingerprint density at radius 3 is 1.04 bits per heavy atom. The molecule has 2 heteroatoms. The topological polar surface area (TPSA) is 0 Å². The van der Waals surface area contributed by atoms with E-state index in [4.69, 9.17) is 0 Å². The van der Waals surface area contributed by atoms with E-state index in [0.29, 0.717) is 0 Å². The molecule has 0 atom stereocenters. The Morgan fingerprint density at radius 2 is 0.800 bits per heavy atom. The monoisotopic (exact) mass is 413 g/mol. The second-order valence-electron chi connectivity index (χ2n) is 6.59. The van der Waals surface area contributed by atoms with Gasteiger partial charge >= 0.3 is 0 Å². The van der Waals surface area contributed by atoms with Crippen LogP contribution in [0.25, 0.3) is 0 Å². The number of benzene rings is 3. The summed E-state index contributed by atoms with van der Waals surface area (Å²) in [6.45, 7) is 2.39. The summed E-state index contributed by atoms with van der Waals surface area (Å²) in [4.78, 5) is 0. The molecular weight excluding hydrogens is 387 g/mol. The predicted octanol–water partition coefficient (Wildman–Crippen LogP) is 7.20. The fourth-order valence-electron chi connectivity index (χ4n) is 3.42. The zero-order valence-electron chi connectivity index (χ0n) is 14.8. The van der Waals surface area contributed by atoms with Crippen molar-refractivity contribution in [1.82, 2.24) is 0 Å². The standard InChI is InChI=1S/C23H26P.BrH/c1-2-24(18-21-12-6-3-7-13-21,19-22-14-8-4-9-15-22)20-23-16-10-5-11-17-23;/h3-17H,2,18-20H2,1H3;1H/q+1;. The lowest BCUT2D eigenvalue weighted by Crippen LogP contribution is -2.07. The van der Waals surface area contributed by atoms with Gasteiger partial charge in [-0.3, -0.25) is 0 Å². The smallest absolute Gasteiger partial charge is 0.0849 e. The van der Waals surface area contributed by atoms with E-state index in [-0.39, 0.29) is 17.0 Å². The van der Waals surface area contributed by atoms with E-state index in [9.17, 15) is 0 Å². The van der Waals surface area contributed by atoms with Crippen LogP contribution in [0.5, 0.6) is 0 Å². The van der Waals surface area contributed by atoms with Gasteiger partial charge in [0.1, 0.15) is 0 Å². The van der Waals surface area contributed by atoms with E-state index in [1.807, 2.05) is 0 Å². The Bertz CT molecular complexity index is 624. The summed E-state index contributed by atoms with van der Waals surface area (Å²) in [7, 11) is -1.14. The van der Waals surface area contributed by atoms with Gasteiger partial charge in [0.2, 0.25) is 0 Å². The molecule has 0 fully saturated rings. The van der Waals surface area contributed by atoms with Gasteiger partial charge < -0.3 is 0 Å². The van der Waals surface area contributed by atoms with Crippen LogP contribution in [0, 0.1) is 0 Å². The molecule has 0 radical (unpaired) electrons. The van der Waals surface area contributed by atoms with E-state index in [0.717, 1.165) is 0 Å². The summed E-state index contributed by atoms with van der Waals surface area (Å²) >= 11 is 0. The van der Waals surface area contributed by atoms with Crippen LogP contribution in [-0.2, 0) is 18.5 Å². The Labute approximate surface area is 163 Å². The maximum atomic E-state index is 2.39. The minimum Gasteiger partial charge on any atom is -0.114 e. The summed E-state index contributed by atoms with van der Waals surface area (Å²) in [5, 5.41) is 0. The third-order valence-electron chi connectivity index (χ3n) is 4.75. The quantitative estimate of drug-likeness (QED) is 0.359. The lowest BCUT2D eigenvalue weighted by atomic mass is 10.2. The highest BCUT2D eigenvalue weighted by Gasteiger charge is 2.36. The van der Waals surface area contributed by atoms with Crippen LogP contribution in [0.2, 0.25) is 0 Å². The third-order valence-corrected chi connectivity index (χ3v) is 9.20. The molecule has 3 aromatic rings. The van der Waals surface area contributed by atoms with Crippen molar-refractivity contribution in [2.75, 3.05) is 6.16 Å². The molecule has 3 aromatic carbocycles. The van der Waals surface area contributed by atoms with Gasteiger partial charge in [-0.2, -0.15) is 0 Å². The second-order valence-corrected chi connectivity index (χ2v) is 10.9. The molecule has 0 bridgehead atoms. The van der Waals surface area contributed by atoms with Crippen molar-refractivity contribution >= 4 is 24.2 Å². The fraction of sp³-hybridized carbons (Fsp3) is 0.217. The average Bonchev–Trinajstić information content (AvgIpc) is 2.64. The Morgan fingerprint density at radius 1 is 0.520 bits per heavy atom. The molecule has 0 amide bonds. The molecule has 0 saturated carbocycles.